The number of nitrogens with zero attached hydrogens (tertiary/aromatic N) is 5. The fourth-order valence-electron chi connectivity index (χ4n) is 8.38. The molecule has 0 saturated carbocycles. The number of ether oxygens (including phenoxy) is 3. The van der Waals surface area contributed by atoms with Crippen molar-refractivity contribution in [3.63, 3.8) is 0 Å². The lowest BCUT2D eigenvalue weighted by molar-refractivity contribution is -0.137. The molecular formula is C46H49N9O7. The Labute approximate surface area is 358 Å². The molecule has 6 aromatic rings. The van der Waals surface area contributed by atoms with Crippen molar-refractivity contribution in [3.8, 4) is 33.8 Å². The van der Waals surface area contributed by atoms with Crippen LogP contribution in [0.4, 0.5) is 9.59 Å². The molecule has 16 nitrogen and oxygen atoms in total. The van der Waals surface area contributed by atoms with Crippen LogP contribution >= 0.6 is 0 Å². The summed E-state index contributed by atoms with van der Waals surface area (Å²) in [6.07, 6.45) is 6.58. The minimum absolute atomic E-state index is 0.222. The summed E-state index contributed by atoms with van der Waals surface area (Å²) in [5.41, 5.74) is 5.97. The van der Waals surface area contributed by atoms with Gasteiger partial charge in [0.25, 0.3) is 5.91 Å². The van der Waals surface area contributed by atoms with Gasteiger partial charge < -0.3 is 44.6 Å². The van der Waals surface area contributed by atoms with E-state index >= 15 is 0 Å². The number of amides is 4. The molecule has 16 heteroatoms. The molecule has 2 aliphatic rings. The van der Waals surface area contributed by atoms with Gasteiger partial charge >= 0.3 is 12.2 Å². The summed E-state index contributed by atoms with van der Waals surface area (Å²) >= 11 is 0. The maximum Gasteiger partial charge on any atom is 0.407 e. The van der Waals surface area contributed by atoms with E-state index in [1.54, 1.807) is 29.1 Å². The Hall–Kier alpha value is -7.07. The van der Waals surface area contributed by atoms with Gasteiger partial charge in [-0.3, -0.25) is 14.6 Å². The maximum absolute atomic E-state index is 13.9. The normalized spacial score (nSPS) is 17.7. The zero-order valence-electron chi connectivity index (χ0n) is 35.0. The van der Waals surface area contributed by atoms with E-state index in [1.165, 1.54) is 21.3 Å². The van der Waals surface area contributed by atoms with Gasteiger partial charge in [0.05, 0.1) is 61.9 Å². The third-order valence-electron chi connectivity index (χ3n) is 11.8. The average Bonchev–Trinajstić information content (AvgIpc) is 4.17. The Morgan fingerprint density at radius 2 is 1.24 bits per heavy atom. The first-order valence-corrected chi connectivity index (χ1v) is 20.6. The molecule has 2 aliphatic heterocycles. The third kappa shape index (κ3) is 8.59. The van der Waals surface area contributed by atoms with E-state index in [1.807, 2.05) is 66.9 Å². The Kier molecular flexibility index (Phi) is 12.3. The average molecular weight is 840 g/mol. The molecule has 62 heavy (non-hydrogen) atoms. The molecule has 0 aliphatic carbocycles. The van der Waals surface area contributed by atoms with Gasteiger partial charge in [0.2, 0.25) is 5.91 Å². The van der Waals surface area contributed by atoms with Gasteiger partial charge in [0.1, 0.15) is 23.7 Å². The largest absolute Gasteiger partial charge is 0.453 e. The molecule has 3 aromatic heterocycles. The van der Waals surface area contributed by atoms with Crippen LogP contribution in [0.25, 0.3) is 44.5 Å². The van der Waals surface area contributed by atoms with Crippen LogP contribution in [0.5, 0.6) is 0 Å². The van der Waals surface area contributed by atoms with E-state index in [2.05, 4.69) is 43.8 Å². The maximum atomic E-state index is 13.9. The second kappa shape index (κ2) is 18.3. The van der Waals surface area contributed by atoms with Gasteiger partial charge in [-0.15, -0.1) is 0 Å². The number of methoxy groups -OCH3 is 3. The summed E-state index contributed by atoms with van der Waals surface area (Å²) in [4.78, 5) is 76.5. The number of nitrogens with one attached hydrogen (secondary N) is 4. The number of hydrogen-bond donors (Lipinski definition) is 4. The monoisotopic (exact) mass is 839 g/mol. The van der Waals surface area contributed by atoms with Gasteiger partial charge in [-0.05, 0) is 61.3 Å². The van der Waals surface area contributed by atoms with Gasteiger partial charge in [-0.1, -0.05) is 66.7 Å². The quantitative estimate of drug-likeness (QED) is 0.101. The van der Waals surface area contributed by atoms with E-state index in [-0.39, 0.29) is 23.9 Å². The Morgan fingerprint density at radius 1 is 0.661 bits per heavy atom. The summed E-state index contributed by atoms with van der Waals surface area (Å²) in [6, 6.07) is 23.1. The van der Waals surface area contributed by atoms with Crippen LogP contribution < -0.4 is 10.6 Å². The summed E-state index contributed by atoms with van der Waals surface area (Å²) in [6.45, 7) is 2.81. The van der Waals surface area contributed by atoms with Crippen molar-refractivity contribution in [1.29, 1.82) is 0 Å². The highest BCUT2D eigenvalue weighted by atomic mass is 16.5. The van der Waals surface area contributed by atoms with Crippen LogP contribution in [0.3, 0.4) is 0 Å². The van der Waals surface area contributed by atoms with Crippen molar-refractivity contribution in [1.82, 2.24) is 45.4 Å². The van der Waals surface area contributed by atoms with Crippen molar-refractivity contribution in [3.05, 3.63) is 115 Å². The molecule has 2 saturated heterocycles. The minimum atomic E-state index is -0.904. The molecule has 1 unspecified atom stereocenters. The molecule has 8 rings (SSSR count). The van der Waals surface area contributed by atoms with Crippen LogP contribution in [0, 0.1) is 0 Å². The van der Waals surface area contributed by atoms with Gasteiger partial charge in [-0.2, -0.15) is 0 Å². The first kappa shape index (κ1) is 41.7. The lowest BCUT2D eigenvalue weighted by Gasteiger charge is -2.30. The second-order valence-corrected chi connectivity index (χ2v) is 15.5. The molecule has 0 spiro atoms. The van der Waals surface area contributed by atoms with Crippen LogP contribution in [-0.4, -0.2) is 105 Å². The van der Waals surface area contributed by atoms with Gasteiger partial charge in [-0.25, -0.2) is 19.6 Å². The number of likely N-dealkylation sites (tertiary alicyclic amines) is 2. The molecule has 4 amide bonds. The van der Waals surface area contributed by atoms with Crippen molar-refractivity contribution in [2.24, 2.45) is 0 Å². The van der Waals surface area contributed by atoms with Crippen LogP contribution in [0.2, 0.25) is 0 Å². The standard InChI is InChI=1S/C46H49N9O7/c1-27(60-2)39(52-45(58)61-3)43(56)54-20-8-12-37(54)41-48-25-35(50-41)29-16-14-28(15-17-29)34-23-31-18-19-32(22-33(31)24-47-34)36-26-49-42(51-36)38-13-9-21-55(38)44(57)40(53-46(59)62-4)30-10-6-5-7-11-30/h5-7,10-11,14-19,22-27,37-40H,8-9,12-13,20-21H2,1-4H3,(H,48,50)(H,49,51)(H,52,58)(H,53,59)/t27-,37+,38+,39?,40-/m1/s1. The van der Waals surface area contributed by atoms with Crippen molar-refractivity contribution in [2.45, 2.75) is 62.9 Å². The second-order valence-electron chi connectivity index (χ2n) is 15.5. The number of benzene rings is 3. The number of carbonyl (C=O) groups is 4. The number of pyridine rings is 1. The molecule has 4 N–H and O–H groups in total. The molecule has 5 heterocycles. The number of fused-ring (bicyclic) bond motifs is 1. The SMILES string of the molecule is COC(=O)NC(C(=O)N1CCC[C@H]1c1ncc(-c2ccc(-c3cc4ccc(-c5cnc([C@@H]6CCCN6C(=O)[C@H](NC(=O)OC)c6ccccc6)[nH]5)cc4cn3)cc2)[nH]1)[C@@H](C)OC. The Bertz CT molecular complexity index is 2560. The molecule has 0 bridgehead atoms. The van der Waals surface area contributed by atoms with Gasteiger partial charge in [0, 0.05) is 42.9 Å². The predicted molar refractivity (Wildman–Crippen MR) is 230 cm³/mol. The fourth-order valence-corrected chi connectivity index (χ4v) is 8.38. The molecule has 2 fully saturated rings. The Balaban J connectivity index is 0.943. The smallest absolute Gasteiger partial charge is 0.407 e. The summed E-state index contributed by atoms with van der Waals surface area (Å²) in [5.74, 6) is 0.887. The summed E-state index contributed by atoms with van der Waals surface area (Å²) in [5, 5.41) is 7.32. The number of alkyl carbamates (subject to hydrolysis) is 2. The highest BCUT2D eigenvalue weighted by Crippen LogP contribution is 2.36. The molecular weight excluding hydrogens is 791 g/mol. The number of hydrogen-bond acceptors (Lipinski definition) is 10. The van der Waals surface area contributed by atoms with E-state index in [4.69, 9.17) is 24.2 Å². The highest BCUT2D eigenvalue weighted by Gasteiger charge is 2.39. The van der Waals surface area contributed by atoms with E-state index in [0.717, 1.165) is 70.2 Å². The number of imidazole rings is 2. The molecule has 320 valence electrons. The van der Waals surface area contributed by atoms with Crippen molar-refractivity contribution in [2.75, 3.05) is 34.4 Å². The van der Waals surface area contributed by atoms with Crippen molar-refractivity contribution >= 4 is 34.8 Å². The number of aromatic amines is 2. The van der Waals surface area contributed by atoms with E-state index in [9.17, 15) is 19.2 Å². The van der Waals surface area contributed by atoms with Crippen LogP contribution in [0.15, 0.2) is 97.5 Å². The zero-order valence-corrected chi connectivity index (χ0v) is 35.0. The number of rotatable bonds is 12. The van der Waals surface area contributed by atoms with Gasteiger partial charge in [0.15, 0.2) is 0 Å². The minimum Gasteiger partial charge on any atom is -0.453 e. The molecule has 5 atom stereocenters. The van der Waals surface area contributed by atoms with E-state index < -0.39 is 30.4 Å². The highest BCUT2D eigenvalue weighted by molar-refractivity contribution is 5.90. The topological polar surface area (TPSA) is 197 Å². The number of carbonyl (C=O) groups excluding carboxylic acids is 4. The summed E-state index contributed by atoms with van der Waals surface area (Å²) in [7, 11) is 4.03. The predicted octanol–water partition coefficient (Wildman–Crippen LogP) is 6.87. The lowest BCUT2D eigenvalue weighted by Crippen LogP contribution is -2.54. The first-order valence-electron chi connectivity index (χ1n) is 20.6. The zero-order chi connectivity index (χ0) is 43.3. The third-order valence-corrected chi connectivity index (χ3v) is 11.8. The first-order chi connectivity index (χ1) is 30.1. The van der Waals surface area contributed by atoms with Crippen LogP contribution in [-0.2, 0) is 23.8 Å². The lowest BCUT2D eigenvalue weighted by atomic mass is 10.0. The number of aromatic nitrogens is 5. The molecule has 0 radical (unpaired) electrons. The fraction of sp³-hybridized carbons (Fsp3) is 0.326. The van der Waals surface area contributed by atoms with Crippen LogP contribution in [0.1, 0.15) is 67.9 Å². The van der Waals surface area contributed by atoms with Crippen molar-refractivity contribution < 1.29 is 33.4 Å². The number of H-pyrrole nitrogens is 2. The Morgan fingerprint density at radius 3 is 1.87 bits per heavy atom. The molecule has 3 aromatic carbocycles. The summed E-state index contributed by atoms with van der Waals surface area (Å²) < 4.78 is 15.0. The van der Waals surface area contributed by atoms with E-state index in [0.29, 0.717) is 30.3 Å².